The van der Waals surface area contributed by atoms with Crippen molar-refractivity contribution in [1.82, 2.24) is 14.9 Å². The number of hydrazine groups is 1. The Morgan fingerprint density at radius 2 is 1.50 bits per heavy atom. The summed E-state index contributed by atoms with van der Waals surface area (Å²) in [4.78, 5) is 12.8. The number of amides is 1. The minimum atomic E-state index is -3.79. The van der Waals surface area contributed by atoms with Gasteiger partial charge < -0.3 is 0 Å². The fourth-order valence-electron chi connectivity index (χ4n) is 2.88. The van der Waals surface area contributed by atoms with Crippen LogP contribution in [0.15, 0.2) is 52.3 Å². The highest BCUT2D eigenvalue weighted by atomic mass is 32.2. The van der Waals surface area contributed by atoms with Gasteiger partial charge in [0.1, 0.15) is 0 Å². The molecule has 0 heterocycles. The van der Waals surface area contributed by atoms with Gasteiger partial charge in [-0.25, -0.2) is 26.3 Å². The van der Waals surface area contributed by atoms with Crippen molar-refractivity contribution in [1.29, 1.82) is 0 Å². The van der Waals surface area contributed by atoms with Crippen LogP contribution in [0.3, 0.4) is 0 Å². The molecule has 32 heavy (non-hydrogen) atoms. The van der Waals surface area contributed by atoms with Gasteiger partial charge in [0.2, 0.25) is 20.0 Å². The molecule has 1 fully saturated rings. The summed E-state index contributed by atoms with van der Waals surface area (Å²) >= 11 is 0. The van der Waals surface area contributed by atoms with Gasteiger partial charge in [-0.05, 0) is 82.5 Å². The van der Waals surface area contributed by atoms with Crippen LogP contribution < -0.4 is 20.3 Å². The molecule has 1 amide bonds. The van der Waals surface area contributed by atoms with Crippen LogP contribution in [0.5, 0.6) is 0 Å². The predicted octanol–water partition coefficient (Wildman–Crippen LogP) is 2.27. The number of nitrogens with one attached hydrogen (secondary N) is 4. The average molecular weight is 481 g/mol. The Labute approximate surface area is 189 Å². The fraction of sp³-hybridized carbons (Fsp3) is 0.381. The Balaban J connectivity index is 1.69. The molecule has 9 nitrogen and oxygen atoms in total. The van der Waals surface area contributed by atoms with E-state index in [1.54, 1.807) is 33.8 Å². The van der Waals surface area contributed by atoms with Crippen molar-refractivity contribution in [3.8, 4) is 0 Å². The van der Waals surface area contributed by atoms with Crippen molar-refractivity contribution in [2.45, 2.75) is 61.9 Å². The number of sulfonamides is 2. The molecule has 1 aliphatic carbocycles. The van der Waals surface area contributed by atoms with Crippen LogP contribution >= 0.6 is 0 Å². The molecule has 11 heteroatoms. The van der Waals surface area contributed by atoms with E-state index in [-0.39, 0.29) is 21.4 Å². The summed E-state index contributed by atoms with van der Waals surface area (Å²) in [5.41, 5.74) is 5.84. The van der Waals surface area contributed by atoms with E-state index in [0.717, 1.165) is 12.8 Å². The number of hydrogen-bond acceptors (Lipinski definition) is 6. The van der Waals surface area contributed by atoms with Gasteiger partial charge in [-0.15, -0.1) is 0 Å². The van der Waals surface area contributed by atoms with Gasteiger partial charge in [-0.1, -0.05) is 6.07 Å². The lowest BCUT2D eigenvalue weighted by Crippen LogP contribution is -2.40. The number of carbonyl (C=O) groups is 1. The summed E-state index contributed by atoms with van der Waals surface area (Å²) in [6.07, 6.45) is 1.69. The fourth-order valence-corrected chi connectivity index (χ4v) is 5.63. The summed E-state index contributed by atoms with van der Waals surface area (Å²) in [7, 11) is -7.35. The molecule has 0 aliphatic heterocycles. The summed E-state index contributed by atoms with van der Waals surface area (Å²) in [5.74, 6) is -0.526. The minimum absolute atomic E-state index is 0.0125. The summed E-state index contributed by atoms with van der Waals surface area (Å²) in [5, 5.41) is 0. The van der Waals surface area contributed by atoms with Crippen molar-refractivity contribution in [2.75, 3.05) is 5.43 Å². The van der Waals surface area contributed by atoms with Crippen LogP contribution in [0.4, 0.5) is 5.69 Å². The molecule has 0 spiro atoms. The smallest absolute Gasteiger partial charge is 0.269 e. The van der Waals surface area contributed by atoms with Gasteiger partial charge in [-0.2, -0.15) is 0 Å². The van der Waals surface area contributed by atoms with E-state index in [0.29, 0.717) is 11.3 Å². The van der Waals surface area contributed by atoms with Gasteiger partial charge in [0.15, 0.2) is 0 Å². The number of aryl methyl sites for hydroxylation is 1. The van der Waals surface area contributed by atoms with E-state index >= 15 is 0 Å². The van der Waals surface area contributed by atoms with Gasteiger partial charge in [0.25, 0.3) is 5.91 Å². The Morgan fingerprint density at radius 3 is 2.06 bits per heavy atom. The normalized spacial score (nSPS) is 14.8. The molecule has 2 aromatic rings. The van der Waals surface area contributed by atoms with Gasteiger partial charge in [-0.3, -0.25) is 15.6 Å². The van der Waals surface area contributed by atoms with Gasteiger partial charge in [0.05, 0.1) is 15.5 Å². The molecule has 0 radical (unpaired) electrons. The topological polar surface area (TPSA) is 133 Å². The SMILES string of the molecule is Cc1ccc(S(=O)(=O)NC(C)(C)C)cc1C(=O)NNc1ccc(S(=O)(=O)NC2CC2)cc1. The van der Waals surface area contributed by atoms with E-state index < -0.39 is 31.5 Å². The first-order valence-corrected chi connectivity index (χ1v) is 13.1. The molecular weight excluding hydrogens is 452 g/mol. The number of anilines is 1. The lowest BCUT2D eigenvalue weighted by molar-refractivity contribution is 0.0962. The lowest BCUT2D eigenvalue weighted by atomic mass is 10.1. The zero-order valence-corrected chi connectivity index (χ0v) is 20.0. The van der Waals surface area contributed by atoms with Crippen molar-refractivity contribution >= 4 is 31.6 Å². The molecule has 0 saturated heterocycles. The molecule has 0 aromatic heterocycles. The summed E-state index contributed by atoms with van der Waals surface area (Å²) in [6.45, 7) is 6.90. The summed E-state index contributed by atoms with van der Waals surface area (Å²) in [6, 6.07) is 10.3. The highest BCUT2D eigenvalue weighted by Gasteiger charge is 2.28. The molecule has 174 valence electrons. The molecule has 1 aliphatic rings. The molecule has 0 atom stereocenters. The Bertz CT molecular complexity index is 1210. The summed E-state index contributed by atoms with van der Waals surface area (Å²) < 4.78 is 54.8. The molecule has 2 aromatic carbocycles. The third-order valence-corrected chi connectivity index (χ3v) is 7.88. The monoisotopic (exact) mass is 480 g/mol. The number of hydrogen-bond donors (Lipinski definition) is 4. The van der Waals surface area contributed by atoms with E-state index in [1.807, 2.05) is 0 Å². The van der Waals surface area contributed by atoms with E-state index in [9.17, 15) is 21.6 Å². The Hall–Kier alpha value is -2.47. The first-order chi connectivity index (χ1) is 14.8. The van der Waals surface area contributed by atoms with Crippen LogP contribution in [0.2, 0.25) is 0 Å². The molecule has 3 rings (SSSR count). The zero-order valence-electron chi connectivity index (χ0n) is 18.4. The molecule has 0 bridgehead atoms. The number of rotatable bonds is 8. The minimum Gasteiger partial charge on any atom is -0.298 e. The van der Waals surface area contributed by atoms with Crippen LogP contribution in [0.1, 0.15) is 49.5 Å². The predicted molar refractivity (Wildman–Crippen MR) is 122 cm³/mol. The number of benzene rings is 2. The number of carbonyl (C=O) groups excluding carboxylic acids is 1. The van der Waals surface area contributed by atoms with Crippen LogP contribution in [-0.2, 0) is 20.0 Å². The third-order valence-electron chi connectivity index (χ3n) is 4.59. The highest BCUT2D eigenvalue weighted by molar-refractivity contribution is 7.89. The molecule has 0 unspecified atom stereocenters. The van der Waals surface area contributed by atoms with Crippen molar-refractivity contribution < 1.29 is 21.6 Å². The van der Waals surface area contributed by atoms with Gasteiger partial charge >= 0.3 is 0 Å². The maximum Gasteiger partial charge on any atom is 0.269 e. The first kappa shape index (κ1) is 24.2. The van der Waals surface area contributed by atoms with E-state index in [2.05, 4.69) is 20.3 Å². The molecular formula is C21H28N4O5S2. The maximum atomic E-state index is 12.7. The Morgan fingerprint density at radius 1 is 0.906 bits per heavy atom. The second kappa shape index (κ2) is 8.81. The van der Waals surface area contributed by atoms with E-state index in [1.165, 1.54) is 36.4 Å². The van der Waals surface area contributed by atoms with Crippen LogP contribution in [0, 0.1) is 6.92 Å². The van der Waals surface area contributed by atoms with E-state index in [4.69, 9.17) is 0 Å². The quantitative estimate of drug-likeness (QED) is 0.428. The average Bonchev–Trinajstić information content (AvgIpc) is 3.48. The molecule has 4 N–H and O–H groups in total. The van der Waals surface area contributed by atoms with Crippen molar-refractivity contribution in [3.05, 3.63) is 53.6 Å². The largest absolute Gasteiger partial charge is 0.298 e. The highest BCUT2D eigenvalue weighted by Crippen LogP contribution is 2.23. The third kappa shape index (κ3) is 6.28. The van der Waals surface area contributed by atoms with Crippen LogP contribution in [0.25, 0.3) is 0 Å². The zero-order chi connectivity index (χ0) is 23.7. The van der Waals surface area contributed by atoms with Gasteiger partial charge in [0, 0.05) is 17.1 Å². The van der Waals surface area contributed by atoms with Crippen molar-refractivity contribution in [2.24, 2.45) is 0 Å². The second-order valence-electron chi connectivity index (χ2n) is 8.83. The van der Waals surface area contributed by atoms with Crippen LogP contribution in [-0.4, -0.2) is 34.3 Å². The second-order valence-corrected chi connectivity index (χ2v) is 12.2. The van der Waals surface area contributed by atoms with Crippen molar-refractivity contribution in [3.63, 3.8) is 0 Å². The maximum absolute atomic E-state index is 12.7. The first-order valence-electron chi connectivity index (χ1n) is 10.1. The standard InChI is InChI=1S/C21H28N4O5S2/c1-14-5-10-18(32(29,30)25-21(2,3)4)13-19(14)20(26)23-22-15-8-11-17(12-9-15)31(27,28)24-16-6-7-16/h5,8-13,16,22,24-25H,6-7H2,1-4H3,(H,23,26). The Kier molecular flexibility index (Phi) is 6.66. The lowest BCUT2D eigenvalue weighted by Gasteiger charge is -2.20. The molecule has 1 saturated carbocycles.